The lowest BCUT2D eigenvalue weighted by Crippen LogP contribution is -2.42. The zero-order valence-electron chi connectivity index (χ0n) is 20.5. The van der Waals surface area contributed by atoms with E-state index < -0.39 is 23.9 Å². The Balaban J connectivity index is 1.54. The Morgan fingerprint density at radius 3 is 2.53 bits per heavy atom. The Hall–Kier alpha value is -4.09. The molecule has 0 spiro atoms. The summed E-state index contributed by atoms with van der Waals surface area (Å²) in [6.07, 6.45) is 1.66. The molecular weight excluding hydrogens is 466 g/mol. The molecule has 0 saturated heterocycles. The fourth-order valence-electron chi connectivity index (χ4n) is 3.83. The molecule has 0 aliphatic carbocycles. The predicted molar refractivity (Wildman–Crippen MR) is 135 cm³/mol. The lowest BCUT2D eigenvalue weighted by molar-refractivity contribution is -0.146. The smallest absolute Gasteiger partial charge is 0.328 e. The van der Waals surface area contributed by atoms with E-state index in [9.17, 15) is 14.4 Å². The summed E-state index contributed by atoms with van der Waals surface area (Å²) in [5.41, 5.74) is 14.4. The van der Waals surface area contributed by atoms with Crippen LogP contribution in [0.1, 0.15) is 49.2 Å². The van der Waals surface area contributed by atoms with Gasteiger partial charge in [-0.15, -0.1) is 0 Å². The maximum absolute atomic E-state index is 12.7. The Labute approximate surface area is 209 Å². The number of nitrogens with one attached hydrogen (secondary N) is 3. The van der Waals surface area contributed by atoms with E-state index >= 15 is 0 Å². The van der Waals surface area contributed by atoms with E-state index in [1.807, 2.05) is 0 Å². The molecule has 0 saturated carbocycles. The minimum atomic E-state index is -0.952. The lowest BCUT2D eigenvalue weighted by Gasteiger charge is -2.27. The van der Waals surface area contributed by atoms with E-state index in [4.69, 9.17) is 20.9 Å². The molecule has 2 heterocycles. The van der Waals surface area contributed by atoms with Crippen molar-refractivity contribution >= 4 is 41.0 Å². The number of hydrogen-bond acceptors (Lipinski definition) is 11. The van der Waals surface area contributed by atoms with Gasteiger partial charge in [0.05, 0.1) is 24.6 Å². The van der Waals surface area contributed by atoms with Gasteiger partial charge in [0.1, 0.15) is 6.04 Å². The Morgan fingerprint density at radius 2 is 1.83 bits per heavy atom. The minimum absolute atomic E-state index is 0.00864. The molecular formula is C24H33N7O5. The first-order chi connectivity index (χ1) is 17.3. The van der Waals surface area contributed by atoms with E-state index in [-0.39, 0.29) is 38.0 Å². The molecule has 194 valence electrons. The van der Waals surface area contributed by atoms with Crippen LogP contribution in [0.3, 0.4) is 0 Å². The van der Waals surface area contributed by atoms with Gasteiger partial charge in [-0.05, 0) is 57.4 Å². The topological polar surface area (TPSA) is 184 Å². The lowest BCUT2D eigenvalue weighted by atomic mass is 10.0. The minimum Gasteiger partial charge on any atom is -0.466 e. The van der Waals surface area contributed by atoms with Crippen LogP contribution in [0.4, 0.5) is 23.1 Å². The zero-order valence-corrected chi connectivity index (χ0v) is 20.5. The summed E-state index contributed by atoms with van der Waals surface area (Å²) in [5.74, 6) is -0.971. The van der Waals surface area contributed by atoms with Gasteiger partial charge in [-0.3, -0.25) is 9.59 Å². The number of fused-ring (bicyclic) bond motifs is 1. The Morgan fingerprint density at radius 1 is 1.11 bits per heavy atom. The molecule has 3 rings (SSSR count). The molecule has 1 aliphatic heterocycles. The summed E-state index contributed by atoms with van der Waals surface area (Å²) in [6, 6.07) is 6.03. The molecule has 1 aromatic heterocycles. The summed E-state index contributed by atoms with van der Waals surface area (Å²) in [6.45, 7) is 4.41. The van der Waals surface area contributed by atoms with Crippen molar-refractivity contribution in [3.8, 4) is 0 Å². The van der Waals surface area contributed by atoms with Crippen LogP contribution < -0.4 is 27.4 Å². The van der Waals surface area contributed by atoms with Gasteiger partial charge in [0.15, 0.2) is 5.82 Å². The second-order valence-electron chi connectivity index (χ2n) is 8.25. The number of nitrogen functional groups attached to an aromatic ring is 2. The Kier molecular flexibility index (Phi) is 9.25. The van der Waals surface area contributed by atoms with Crippen molar-refractivity contribution in [2.45, 2.75) is 51.6 Å². The molecule has 36 heavy (non-hydrogen) atoms. The molecule has 1 unspecified atom stereocenters. The van der Waals surface area contributed by atoms with Crippen molar-refractivity contribution in [3.63, 3.8) is 0 Å². The van der Waals surface area contributed by atoms with E-state index in [1.165, 1.54) is 0 Å². The van der Waals surface area contributed by atoms with Crippen LogP contribution in [0.25, 0.3) is 0 Å². The number of aromatic nitrogens is 2. The van der Waals surface area contributed by atoms with Gasteiger partial charge in [0, 0.05) is 30.3 Å². The van der Waals surface area contributed by atoms with Crippen LogP contribution in [0.2, 0.25) is 0 Å². The molecule has 1 aliphatic rings. The largest absolute Gasteiger partial charge is 0.466 e. The molecule has 0 bridgehead atoms. The van der Waals surface area contributed by atoms with Gasteiger partial charge in [0.25, 0.3) is 5.91 Å². The Bertz CT molecular complexity index is 1080. The fourth-order valence-corrected chi connectivity index (χ4v) is 3.83. The van der Waals surface area contributed by atoms with Crippen molar-refractivity contribution in [2.24, 2.45) is 0 Å². The maximum atomic E-state index is 12.7. The number of carbonyl (C=O) groups is 3. The molecule has 0 radical (unpaired) electrons. The van der Waals surface area contributed by atoms with Gasteiger partial charge >= 0.3 is 11.9 Å². The first kappa shape index (κ1) is 26.5. The molecule has 1 aromatic carbocycles. The number of hydrogen-bond donors (Lipinski definition) is 5. The quantitative estimate of drug-likeness (QED) is 0.282. The van der Waals surface area contributed by atoms with E-state index in [2.05, 4.69) is 25.9 Å². The van der Waals surface area contributed by atoms with Crippen molar-refractivity contribution in [2.75, 3.05) is 41.9 Å². The van der Waals surface area contributed by atoms with Crippen LogP contribution in [0.5, 0.6) is 0 Å². The summed E-state index contributed by atoms with van der Waals surface area (Å²) in [7, 11) is 0. The summed E-state index contributed by atoms with van der Waals surface area (Å²) >= 11 is 0. The van der Waals surface area contributed by atoms with Crippen LogP contribution in [-0.2, 0) is 25.5 Å². The number of aryl methyl sites for hydroxylation is 1. The number of nitrogens with two attached hydrogens (primary N) is 2. The van der Waals surface area contributed by atoms with E-state index in [0.717, 1.165) is 24.2 Å². The number of anilines is 4. The van der Waals surface area contributed by atoms with Gasteiger partial charge in [-0.2, -0.15) is 4.98 Å². The summed E-state index contributed by atoms with van der Waals surface area (Å²) in [4.78, 5) is 44.9. The number of nitrogens with zero attached hydrogens (tertiary/aromatic N) is 2. The van der Waals surface area contributed by atoms with E-state index in [0.29, 0.717) is 23.6 Å². The molecule has 12 heteroatoms. The average Bonchev–Trinajstić information content (AvgIpc) is 2.85. The highest BCUT2D eigenvalue weighted by molar-refractivity contribution is 5.97. The highest BCUT2D eigenvalue weighted by Gasteiger charge is 2.24. The fraction of sp³-hybridized carbons (Fsp3) is 0.458. The van der Waals surface area contributed by atoms with E-state index in [1.54, 1.807) is 38.1 Å². The molecule has 0 fully saturated rings. The highest BCUT2D eigenvalue weighted by atomic mass is 16.5. The van der Waals surface area contributed by atoms with Crippen molar-refractivity contribution in [3.05, 3.63) is 35.5 Å². The third-order valence-corrected chi connectivity index (χ3v) is 5.63. The average molecular weight is 500 g/mol. The normalized spacial score (nSPS) is 15.1. The third kappa shape index (κ3) is 7.20. The van der Waals surface area contributed by atoms with Crippen LogP contribution in [-0.4, -0.2) is 59.7 Å². The van der Waals surface area contributed by atoms with Crippen molar-refractivity contribution in [1.29, 1.82) is 0 Å². The number of esters is 2. The number of ether oxygens (including phenoxy) is 2. The highest BCUT2D eigenvalue weighted by Crippen LogP contribution is 2.28. The molecule has 12 nitrogen and oxygen atoms in total. The first-order valence-electron chi connectivity index (χ1n) is 12.0. The molecule has 7 N–H and O–H groups in total. The molecule has 1 amide bonds. The summed E-state index contributed by atoms with van der Waals surface area (Å²) in [5, 5.41) is 9.34. The summed E-state index contributed by atoms with van der Waals surface area (Å²) < 4.78 is 9.93. The van der Waals surface area contributed by atoms with Crippen molar-refractivity contribution < 1.29 is 23.9 Å². The van der Waals surface area contributed by atoms with Gasteiger partial charge in [0.2, 0.25) is 5.95 Å². The number of rotatable bonds is 11. The molecule has 2 atom stereocenters. The van der Waals surface area contributed by atoms with Gasteiger partial charge in [-0.1, -0.05) is 0 Å². The van der Waals surface area contributed by atoms with Crippen LogP contribution in [0, 0.1) is 0 Å². The monoisotopic (exact) mass is 499 g/mol. The second kappa shape index (κ2) is 12.6. The van der Waals surface area contributed by atoms with Crippen LogP contribution >= 0.6 is 0 Å². The zero-order chi connectivity index (χ0) is 26.1. The number of amides is 1. The maximum Gasteiger partial charge on any atom is 0.328 e. The standard InChI is InChI=1S/C24H33N7O5/c1-3-35-19(32)12-11-18(23(34)36-4-2)29-22(33)14-5-7-15(8-6-14)27-13-16-9-10-17-20(28-16)21(25)31-24(26)30-17/h5-8,16,18,27-28H,3-4,9-13H2,1-2H3,(H,29,33)(H4,25,26,30,31)/t16?,18-/m0/s1. The van der Waals surface area contributed by atoms with Gasteiger partial charge < -0.3 is 36.9 Å². The van der Waals surface area contributed by atoms with Crippen molar-refractivity contribution in [1.82, 2.24) is 15.3 Å². The predicted octanol–water partition coefficient (Wildman–Crippen LogP) is 1.48. The molecule has 2 aromatic rings. The number of benzene rings is 1. The van der Waals surface area contributed by atoms with Gasteiger partial charge in [-0.25, -0.2) is 9.78 Å². The first-order valence-corrected chi connectivity index (χ1v) is 12.0. The van der Waals surface area contributed by atoms with Crippen LogP contribution in [0.15, 0.2) is 24.3 Å². The SMILES string of the molecule is CCOC(=O)CC[C@H](NC(=O)c1ccc(NCC2CCc3nc(N)nc(N)c3N2)cc1)C(=O)OCC. The second-order valence-corrected chi connectivity index (χ2v) is 8.25. The number of carbonyl (C=O) groups excluding carboxylic acids is 3. The third-order valence-electron chi connectivity index (χ3n) is 5.63.